The maximum Gasteiger partial charge on any atom is 0.417 e. The van der Waals surface area contributed by atoms with E-state index in [2.05, 4.69) is 35.7 Å². The van der Waals surface area contributed by atoms with Crippen molar-refractivity contribution in [1.29, 1.82) is 0 Å². The molecule has 0 atom stereocenters. The van der Waals surface area contributed by atoms with E-state index in [9.17, 15) is 28.8 Å². The summed E-state index contributed by atoms with van der Waals surface area (Å²) in [5.41, 5.74) is 3.69. The summed E-state index contributed by atoms with van der Waals surface area (Å²) >= 11 is 0. The average molecular weight is 716 g/mol. The van der Waals surface area contributed by atoms with Gasteiger partial charge < -0.3 is 28.4 Å². The molecule has 3 rings (SSSR count). The number of rotatable bonds is 17. The molecular formula is C37H37N3O12. The van der Waals surface area contributed by atoms with Crippen LogP contribution in [0.4, 0.5) is 31.4 Å². The second-order valence-corrected chi connectivity index (χ2v) is 10.2. The Labute approximate surface area is 299 Å². The minimum atomic E-state index is -0.929. The van der Waals surface area contributed by atoms with Crippen LogP contribution < -0.4 is 16.0 Å². The van der Waals surface area contributed by atoms with Gasteiger partial charge in [-0.15, -0.1) is 0 Å². The summed E-state index contributed by atoms with van der Waals surface area (Å²) in [7, 11) is 0. The zero-order chi connectivity index (χ0) is 37.9. The molecule has 0 spiro atoms. The molecule has 0 fully saturated rings. The number of hydrogen-bond donors (Lipinski definition) is 3. The van der Waals surface area contributed by atoms with Crippen LogP contribution in [0.2, 0.25) is 0 Å². The molecule has 0 saturated carbocycles. The summed E-state index contributed by atoms with van der Waals surface area (Å²) in [5, 5.41) is 7.74. The lowest BCUT2D eigenvalue weighted by Crippen LogP contribution is -2.18. The van der Waals surface area contributed by atoms with Crippen molar-refractivity contribution in [2.24, 2.45) is 0 Å². The van der Waals surface area contributed by atoms with E-state index in [0.29, 0.717) is 17.1 Å². The number of benzene rings is 3. The molecule has 0 heterocycles. The van der Waals surface area contributed by atoms with Gasteiger partial charge in [0.15, 0.2) is 0 Å². The number of hydrogen-bond acceptors (Lipinski definition) is 12. The molecule has 0 bridgehead atoms. The molecule has 3 N–H and O–H groups in total. The van der Waals surface area contributed by atoms with Crippen molar-refractivity contribution in [3.8, 4) is 0 Å². The van der Waals surface area contributed by atoms with E-state index in [-0.39, 0.29) is 39.0 Å². The molecule has 0 aliphatic heterocycles. The van der Waals surface area contributed by atoms with Gasteiger partial charge in [-0.2, -0.15) is 0 Å². The molecule has 0 radical (unpaired) electrons. The SMILES string of the molecule is C=CC(=O)OCCOC(=O)Nc1ccc(C(c2ccc(NC(=O)OCCOC(=O)C=C)cc2)c2ccc(NC(=O)OC(=C)C(=O)OCC)cc2)cc1. The van der Waals surface area contributed by atoms with E-state index in [4.69, 9.17) is 28.4 Å². The molecule has 15 nitrogen and oxygen atoms in total. The third-order valence-electron chi connectivity index (χ3n) is 6.65. The average Bonchev–Trinajstić information content (AvgIpc) is 3.13. The molecule has 3 aromatic rings. The molecule has 0 aliphatic rings. The van der Waals surface area contributed by atoms with Gasteiger partial charge in [0.2, 0.25) is 5.76 Å². The van der Waals surface area contributed by atoms with Crippen LogP contribution >= 0.6 is 0 Å². The smallest absolute Gasteiger partial charge is 0.417 e. The standard InChI is InChI=1S/C37H37N3O12/c1-5-31(41)48-20-22-50-35(44)38-28-14-8-25(9-15-28)33(26-10-16-29(17-11-26)39-36(45)51-23-21-49-32(42)6-2)27-12-18-30(19-13-27)40-37(46)52-24(4)34(43)47-7-3/h5-6,8-19,33H,1-2,4,7,20-23H2,3H3,(H,38,44)(H,39,45)(H,40,46). The minimum Gasteiger partial charge on any atom is -0.460 e. The highest BCUT2D eigenvalue weighted by molar-refractivity contribution is 5.92. The summed E-state index contributed by atoms with van der Waals surface area (Å²) in [4.78, 5) is 70.7. The van der Waals surface area contributed by atoms with Gasteiger partial charge in [0.25, 0.3) is 0 Å². The predicted molar refractivity (Wildman–Crippen MR) is 188 cm³/mol. The zero-order valence-corrected chi connectivity index (χ0v) is 28.2. The van der Waals surface area contributed by atoms with E-state index >= 15 is 0 Å². The van der Waals surface area contributed by atoms with Gasteiger partial charge in [-0.3, -0.25) is 16.0 Å². The molecular weight excluding hydrogens is 678 g/mol. The topological polar surface area (TPSA) is 194 Å². The van der Waals surface area contributed by atoms with Crippen LogP contribution in [0.1, 0.15) is 29.5 Å². The quantitative estimate of drug-likeness (QED) is 0.0367. The maximum atomic E-state index is 12.3. The number of carbonyl (C=O) groups excluding carboxylic acids is 6. The molecule has 0 unspecified atom stereocenters. The first kappa shape index (κ1) is 39.5. The zero-order valence-electron chi connectivity index (χ0n) is 28.2. The number of anilines is 3. The van der Waals surface area contributed by atoms with Crippen LogP contribution in [-0.2, 0) is 42.8 Å². The van der Waals surface area contributed by atoms with Crippen molar-refractivity contribution < 1.29 is 57.2 Å². The van der Waals surface area contributed by atoms with E-state index in [0.717, 1.165) is 28.8 Å². The van der Waals surface area contributed by atoms with Gasteiger partial charge in [0.05, 0.1) is 6.61 Å². The minimum absolute atomic E-state index is 0.0935. The lowest BCUT2D eigenvalue weighted by atomic mass is 9.85. The van der Waals surface area contributed by atoms with Crippen molar-refractivity contribution in [3.63, 3.8) is 0 Å². The number of ether oxygens (including phenoxy) is 6. The monoisotopic (exact) mass is 715 g/mol. The van der Waals surface area contributed by atoms with Crippen LogP contribution in [0.3, 0.4) is 0 Å². The Morgan fingerprint density at radius 2 is 0.904 bits per heavy atom. The Balaban J connectivity index is 1.76. The van der Waals surface area contributed by atoms with Crippen molar-refractivity contribution in [2.75, 3.05) is 49.0 Å². The van der Waals surface area contributed by atoms with Crippen LogP contribution in [-0.4, -0.2) is 69.2 Å². The van der Waals surface area contributed by atoms with Gasteiger partial charge in [-0.05, 0) is 66.6 Å². The van der Waals surface area contributed by atoms with Crippen LogP contribution in [0.5, 0.6) is 0 Å². The molecule has 0 aliphatic carbocycles. The fraction of sp³-hybridized carbons (Fsp3) is 0.189. The fourth-order valence-electron chi connectivity index (χ4n) is 4.34. The highest BCUT2D eigenvalue weighted by Gasteiger charge is 2.19. The molecule has 272 valence electrons. The van der Waals surface area contributed by atoms with E-state index < -0.39 is 41.9 Å². The third kappa shape index (κ3) is 13.2. The second kappa shape index (κ2) is 20.6. The molecule has 3 amide bonds. The molecule has 3 aromatic carbocycles. The number of amides is 3. The van der Waals surface area contributed by atoms with E-state index in [1.165, 1.54) is 0 Å². The number of carbonyl (C=O) groups is 6. The summed E-state index contributed by atoms with van der Waals surface area (Å²) in [5.74, 6) is -2.95. The molecule has 52 heavy (non-hydrogen) atoms. The Hall–Kier alpha value is -6.90. The van der Waals surface area contributed by atoms with Crippen LogP contribution in [0.15, 0.2) is 110 Å². The van der Waals surface area contributed by atoms with Gasteiger partial charge in [-0.25, -0.2) is 28.8 Å². The molecule has 0 aromatic heterocycles. The third-order valence-corrected chi connectivity index (χ3v) is 6.65. The summed E-state index contributed by atoms with van der Waals surface area (Å²) < 4.78 is 29.3. The van der Waals surface area contributed by atoms with Gasteiger partial charge >= 0.3 is 36.2 Å². The lowest BCUT2D eigenvalue weighted by molar-refractivity contribution is -0.141. The van der Waals surface area contributed by atoms with Gasteiger partial charge in [-0.1, -0.05) is 49.6 Å². The van der Waals surface area contributed by atoms with E-state index in [1.807, 2.05) is 0 Å². The van der Waals surface area contributed by atoms with Crippen molar-refractivity contribution in [1.82, 2.24) is 0 Å². The summed E-state index contributed by atoms with van der Waals surface area (Å²) in [6.45, 7) is 11.1. The first-order valence-corrected chi connectivity index (χ1v) is 15.6. The Bertz CT molecular complexity index is 1670. The number of nitrogens with one attached hydrogen (secondary N) is 3. The van der Waals surface area contributed by atoms with Gasteiger partial charge in [0.1, 0.15) is 26.4 Å². The molecule has 15 heteroatoms. The van der Waals surface area contributed by atoms with Crippen molar-refractivity contribution in [3.05, 3.63) is 127 Å². The lowest BCUT2D eigenvalue weighted by Gasteiger charge is -2.20. The van der Waals surface area contributed by atoms with Crippen LogP contribution in [0.25, 0.3) is 0 Å². The normalized spacial score (nSPS) is 10.1. The highest BCUT2D eigenvalue weighted by Crippen LogP contribution is 2.34. The first-order chi connectivity index (χ1) is 25.0. The molecule has 0 saturated heterocycles. The van der Waals surface area contributed by atoms with Crippen molar-refractivity contribution >= 4 is 53.2 Å². The van der Waals surface area contributed by atoms with Crippen LogP contribution in [0, 0.1) is 0 Å². The Morgan fingerprint density at radius 3 is 1.25 bits per heavy atom. The number of esters is 3. The largest absolute Gasteiger partial charge is 0.460 e. The van der Waals surface area contributed by atoms with Crippen molar-refractivity contribution in [2.45, 2.75) is 12.8 Å². The van der Waals surface area contributed by atoms with E-state index in [1.54, 1.807) is 79.7 Å². The Kier molecular flexibility index (Phi) is 15.6. The summed E-state index contributed by atoms with van der Waals surface area (Å²) in [6, 6.07) is 20.8. The van der Waals surface area contributed by atoms with Gasteiger partial charge in [0, 0.05) is 35.1 Å². The Morgan fingerprint density at radius 1 is 0.558 bits per heavy atom. The fourth-order valence-corrected chi connectivity index (χ4v) is 4.34. The first-order valence-electron chi connectivity index (χ1n) is 15.6. The highest BCUT2D eigenvalue weighted by atomic mass is 16.6. The maximum absolute atomic E-state index is 12.3. The second-order valence-electron chi connectivity index (χ2n) is 10.2. The summed E-state index contributed by atoms with van der Waals surface area (Å²) in [6.07, 6.45) is -0.414. The predicted octanol–water partition coefficient (Wildman–Crippen LogP) is 6.05.